The van der Waals surface area contributed by atoms with Crippen LogP contribution >= 0.6 is 11.3 Å². The molecule has 9 nitrogen and oxygen atoms in total. The number of carbonyl (C=O) groups excluding carboxylic acids is 1. The molecule has 144 valence electrons. The lowest BCUT2D eigenvalue weighted by atomic mass is 9.96. The Hall–Kier alpha value is -3.19. The van der Waals surface area contributed by atoms with Gasteiger partial charge in [0.2, 0.25) is 5.91 Å². The summed E-state index contributed by atoms with van der Waals surface area (Å²) in [5.41, 5.74) is 0.844. The lowest BCUT2D eigenvalue weighted by molar-refractivity contribution is -0.116. The second-order valence-electron chi connectivity index (χ2n) is 6.84. The van der Waals surface area contributed by atoms with E-state index < -0.39 is 23.7 Å². The van der Waals surface area contributed by atoms with Crippen LogP contribution in [0.2, 0.25) is 0 Å². The van der Waals surface area contributed by atoms with Crippen LogP contribution in [0.3, 0.4) is 0 Å². The van der Waals surface area contributed by atoms with Crippen LogP contribution in [0.4, 0.5) is 5.00 Å². The summed E-state index contributed by atoms with van der Waals surface area (Å²) in [4.78, 5) is 43.0. The van der Waals surface area contributed by atoms with Gasteiger partial charge in [-0.15, -0.1) is 11.3 Å². The summed E-state index contributed by atoms with van der Waals surface area (Å²) in [5, 5.41) is 12.7. The van der Waals surface area contributed by atoms with Gasteiger partial charge < -0.3 is 9.88 Å². The Bertz CT molecular complexity index is 1270. The average Bonchev–Trinajstić information content (AvgIpc) is 3.23. The van der Waals surface area contributed by atoms with Gasteiger partial charge >= 0.3 is 5.69 Å². The number of nitriles is 1. The van der Waals surface area contributed by atoms with Gasteiger partial charge in [-0.1, -0.05) is 0 Å². The number of nitrogens with zero attached hydrogens (tertiary/aromatic N) is 5. The Balaban J connectivity index is 1.68. The molecule has 0 atom stereocenters. The van der Waals surface area contributed by atoms with Crippen molar-refractivity contribution in [1.82, 2.24) is 18.7 Å². The summed E-state index contributed by atoms with van der Waals surface area (Å²) in [6.45, 7) is -0.430. The van der Waals surface area contributed by atoms with E-state index in [-0.39, 0.29) is 11.2 Å². The van der Waals surface area contributed by atoms with E-state index in [9.17, 15) is 19.6 Å². The fourth-order valence-electron chi connectivity index (χ4n) is 3.62. The molecule has 0 aliphatic heterocycles. The minimum Gasteiger partial charge on any atom is -0.328 e. The first-order chi connectivity index (χ1) is 13.4. The molecule has 3 aromatic rings. The van der Waals surface area contributed by atoms with Gasteiger partial charge in [0.05, 0.1) is 11.9 Å². The fourth-order valence-corrected chi connectivity index (χ4v) is 4.87. The molecule has 3 aromatic heterocycles. The van der Waals surface area contributed by atoms with Crippen molar-refractivity contribution >= 4 is 33.4 Å². The minimum atomic E-state index is -0.614. The van der Waals surface area contributed by atoms with Crippen molar-refractivity contribution in [2.24, 2.45) is 14.1 Å². The molecular weight excluding hydrogens is 380 g/mol. The third-order valence-corrected chi connectivity index (χ3v) is 6.25. The van der Waals surface area contributed by atoms with Crippen molar-refractivity contribution in [2.45, 2.75) is 32.2 Å². The maximum absolute atomic E-state index is 12.7. The van der Waals surface area contributed by atoms with E-state index in [0.717, 1.165) is 40.7 Å². The Kier molecular flexibility index (Phi) is 4.39. The number of aromatic nitrogens is 4. The smallest absolute Gasteiger partial charge is 0.328 e. The van der Waals surface area contributed by atoms with E-state index in [4.69, 9.17) is 0 Å². The molecule has 0 bridgehead atoms. The molecule has 1 amide bonds. The molecule has 1 aliphatic carbocycles. The van der Waals surface area contributed by atoms with E-state index in [2.05, 4.69) is 16.4 Å². The second kappa shape index (κ2) is 6.76. The molecule has 0 aromatic carbocycles. The average molecular weight is 398 g/mol. The normalized spacial score (nSPS) is 13.3. The van der Waals surface area contributed by atoms with E-state index in [1.165, 1.54) is 33.8 Å². The summed E-state index contributed by atoms with van der Waals surface area (Å²) in [6.07, 6.45) is 5.29. The number of rotatable bonds is 3. The Morgan fingerprint density at radius 1 is 1.32 bits per heavy atom. The third kappa shape index (κ3) is 2.75. The fraction of sp³-hybridized carbons (Fsp3) is 0.389. The number of fused-ring (bicyclic) bond motifs is 2. The zero-order valence-electron chi connectivity index (χ0n) is 15.5. The van der Waals surface area contributed by atoms with E-state index in [1.807, 2.05) is 0 Å². The number of imidazole rings is 1. The van der Waals surface area contributed by atoms with Gasteiger partial charge in [0.15, 0.2) is 11.2 Å². The molecule has 0 fully saturated rings. The van der Waals surface area contributed by atoms with Gasteiger partial charge in [-0.05, 0) is 31.2 Å². The van der Waals surface area contributed by atoms with E-state index in [0.29, 0.717) is 10.6 Å². The number of nitrogens with one attached hydrogen (secondary N) is 1. The first-order valence-electron chi connectivity index (χ1n) is 8.87. The molecule has 0 spiro atoms. The zero-order valence-corrected chi connectivity index (χ0v) is 16.3. The standard InChI is InChI=1S/C18H18N6O3S/c1-22-9-20-15-14(22)17(26)24(18(27)23(15)2)8-13(25)21-16-11(7-19)10-5-3-4-6-12(10)28-16/h9H,3-6,8H2,1-2H3,(H,21,25). The topological polar surface area (TPSA) is 115 Å². The lowest BCUT2D eigenvalue weighted by Gasteiger charge is -2.09. The van der Waals surface area contributed by atoms with Crippen LogP contribution in [0.5, 0.6) is 0 Å². The van der Waals surface area contributed by atoms with E-state index >= 15 is 0 Å². The number of hydrogen-bond acceptors (Lipinski definition) is 6. The summed E-state index contributed by atoms with van der Waals surface area (Å²) in [6, 6.07) is 2.18. The van der Waals surface area contributed by atoms with E-state index in [1.54, 1.807) is 7.05 Å². The van der Waals surface area contributed by atoms with Crippen LogP contribution in [0, 0.1) is 11.3 Å². The van der Waals surface area contributed by atoms with Crippen LogP contribution < -0.4 is 16.6 Å². The lowest BCUT2D eigenvalue weighted by Crippen LogP contribution is -2.42. The third-order valence-electron chi connectivity index (χ3n) is 5.04. The van der Waals surface area contributed by atoms with Gasteiger partial charge in [-0.25, -0.2) is 14.3 Å². The van der Waals surface area contributed by atoms with Crippen molar-refractivity contribution in [1.29, 1.82) is 5.26 Å². The van der Waals surface area contributed by atoms with Crippen LogP contribution in [-0.4, -0.2) is 24.6 Å². The quantitative estimate of drug-likeness (QED) is 0.703. The number of hydrogen-bond donors (Lipinski definition) is 1. The highest BCUT2D eigenvalue weighted by Gasteiger charge is 2.23. The van der Waals surface area contributed by atoms with Crippen LogP contribution in [-0.2, 0) is 38.3 Å². The molecule has 0 saturated carbocycles. The van der Waals surface area contributed by atoms with Gasteiger partial charge in [-0.3, -0.25) is 14.2 Å². The van der Waals surface area contributed by atoms with Gasteiger partial charge in [0.1, 0.15) is 17.6 Å². The number of amides is 1. The monoisotopic (exact) mass is 398 g/mol. The molecule has 4 rings (SSSR count). The Morgan fingerprint density at radius 3 is 2.82 bits per heavy atom. The van der Waals surface area contributed by atoms with Crippen molar-refractivity contribution in [3.8, 4) is 6.07 Å². The molecule has 1 aliphatic rings. The molecule has 10 heteroatoms. The van der Waals surface area contributed by atoms with Crippen molar-refractivity contribution in [3.05, 3.63) is 43.2 Å². The molecule has 1 N–H and O–H groups in total. The zero-order chi connectivity index (χ0) is 20.0. The van der Waals surface area contributed by atoms with Crippen LogP contribution in [0.25, 0.3) is 11.2 Å². The molecular formula is C18H18N6O3S. The highest BCUT2D eigenvalue weighted by atomic mass is 32.1. The summed E-state index contributed by atoms with van der Waals surface area (Å²) < 4.78 is 3.65. The maximum Gasteiger partial charge on any atom is 0.332 e. The van der Waals surface area contributed by atoms with Crippen LogP contribution in [0.15, 0.2) is 15.9 Å². The summed E-state index contributed by atoms with van der Waals surface area (Å²) in [5.74, 6) is -0.518. The number of aryl methyl sites for hydroxylation is 3. The Morgan fingerprint density at radius 2 is 2.07 bits per heavy atom. The predicted octanol–water partition coefficient (Wildman–Crippen LogP) is 0.884. The predicted molar refractivity (Wildman–Crippen MR) is 105 cm³/mol. The van der Waals surface area contributed by atoms with Crippen molar-refractivity contribution in [3.63, 3.8) is 0 Å². The summed E-state index contributed by atoms with van der Waals surface area (Å²) >= 11 is 1.40. The molecule has 0 radical (unpaired) electrons. The first kappa shape index (κ1) is 18.2. The molecule has 0 unspecified atom stereocenters. The van der Waals surface area contributed by atoms with Crippen LogP contribution in [0.1, 0.15) is 28.8 Å². The van der Waals surface area contributed by atoms with Gasteiger partial charge in [0, 0.05) is 19.0 Å². The second-order valence-corrected chi connectivity index (χ2v) is 7.94. The molecule has 28 heavy (non-hydrogen) atoms. The molecule has 3 heterocycles. The first-order valence-corrected chi connectivity index (χ1v) is 9.69. The Labute approximate surface area is 163 Å². The minimum absolute atomic E-state index is 0.249. The van der Waals surface area contributed by atoms with Gasteiger partial charge in [0.25, 0.3) is 5.56 Å². The summed E-state index contributed by atoms with van der Waals surface area (Å²) in [7, 11) is 3.16. The highest BCUT2D eigenvalue weighted by molar-refractivity contribution is 7.16. The highest BCUT2D eigenvalue weighted by Crippen LogP contribution is 2.37. The molecule has 0 saturated heterocycles. The van der Waals surface area contributed by atoms with Crippen molar-refractivity contribution in [2.75, 3.05) is 5.32 Å². The van der Waals surface area contributed by atoms with Crippen molar-refractivity contribution < 1.29 is 4.79 Å². The number of carbonyl (C=O) groups is 1. The SMILES string of the molecule is Cn1cnc2c1c(=O)n(CC(=O)Nc1sc3c(c1C#N)CCCC3)c(=O)n2C. The number of anilines is 1. The van der Waals surface area contributed by atoms with Gasteiger partial charge in [-0.2, -0.15) is 5.26 Å². The number of thiophene rings is 1. The maximum atomic E-state index is 12.7. The largest absolute Gasteiger partial charge is 0.332 e.